The predicted octanol–water partition coefficient (Wildman–Crippen LogP) is 4.33. The molecule has 2 heterocycles. The smallest absolute Gasteiger partial charge is 0.310 e. The lowest BCUT2D eigenvalue weighted by molar-refractivity contribution is -0.155. The van der Waals surface area contributed by atoms with Crippen LogP contribution in [0.2, 0.25) is 0 Å². The minimum Gasteiger partial charge on any atom is -0.465 e. The molecular formula is C23H31BrClN3O3. The second-order valence-corrected chi connectivity index (χ2v) is 10.3. The number of hydrogen-bond acceptors (Lipinski definition) is 5. The number of anilines is 1. The number of piperidine rings is 1. The second kappa shape index (κ2) is 9.36. The number of halogens is 2. The van der Waals surface area contributed by atoms with Gasteiger partial charge in [0.15, 0.2) is 0 Å². The van der Waals surface area contributed by atoms with Crippen LogP contribution in [-0.4, -0.2) is 36.1 Å². The van der Waals surface area contributed by atoms with Crippen molar-refractivity contribution in [2.24, 2.45) is 29.1 Å². The highest BCUT2D eigenvalue weighted by molar-refractivity contribution is 9.10. The molecule has 31 heavy (non-hydrogen) atoms. The predicted molar refractivity (Wildman–Crippen MR) is 124 cm³/mol. The third-order valence-corrected chi connectivity index (χ3v) is 8.51. The van der Waals surface area contributed by atoms with Crippen molar-refractivity contribution >= 4 is 45.9 Å². The minimum absolute atomic E-state index is 0. The zero-order valence-electron chi connectivity index (χ0n) is 17.6. The van der Waals surface area contributed by atoms with Gasteiger partial charge in [-0.15, -0.1) is 12.4 Å². The van der Waals surface area contributed by atoms with E-state index in [2.05, 4.69) is 31.5 Å². The number of carbonyl (C=O) groups is 2. The molecule has 1 amide bonds. The Hall–Kier alpha value is -1.18. The Labute approximate surface area is 198 Å². The van der Waals surface area contributed by atoms with E-state index >= 15 is 0 Å². The number of pyridine rings is 1. The van der Waals surface area contributed by atoms with Crippen molar-refractivity contribution in [1.82, 2.24) is 10.3 Å². The Balaban J connectivity index is 0.00000231. The summed E-state index contributed by atoms with van der Waals surface area (Å²) in [4.78, 5) is 30.6. The molecule has 1 aromatic rings. The van der Waals surface area contributed by atoms with Crippen LogP contribution in [0.25, 0.3) is 0 Å². The van der Waals surface area contributed by atoms with Gasteiger partial charge in [0.05, 0.1) is 30.3 Å². The van der Waals surface area contributed by atoms with Crippen molar-refractivity contribution in [1.29, 1.82) is 0 Å². The summed E-state index contributed by atoms with van der Waals surface area (Å²) in [6.45, 7) is 1.50. The number of aromatic nitrogens is 1. The molecule has 8 heteroatoms. The molecule has 0 radical (unpaired) electrons. The molecule has 4 aliphatic rings. The first-order chi connectivity index (χ1) is 14.6. The molecule has 170 valence electrons. The fraction of sp³-hybridized carbons (Fsp3) is 0.696. The number of ether oxygens (including phenoxy) is 1. The van der Waals surface area contributed by atoms with Gasteiger partial charge >= 0.3 is 5.97 Å². The third-order valence-electron chi connectivity index (χ3n) is 8.04. The number of carbonyl (C=O) groups excluding carboxylic acids is 2. The van der Waals surface area contributed by atoms with Gasteiger partial charge in [0.1, 0.15) is 4.60 Å². The zero-order chi connectivity index (χ0) is 20.7. The fourth-order valence-electron chi connectivity index (χ4n) is 6.57. The van der Waals surface area contributed by atoms with Gasteiger partial charge in [-0.3, -0.25) is 9.59 Å². The third kappa shape index (κ3) is 4.38. The largest absolute Gasteiger partial charge is 0.465 e. The first-order valence-electron chi connectivity index (χ1n) is 11.4. The molecular weight excluding hydrogens is 482 g/mol. The van der Waals surface area contributed by atoms with Gasteiger partial charge in [-0.05, 0) is 96.8 Å². The molecule has 4 fully saturated rings. The Bertz CT molecular complexity index is 811. The summed E-state index contributed by atoms with van der Waals surface area (Å²) in [5.41, 5.74) is 0.889. The topological polar surface area (TPSA) is 80.3 Å². The quantitative estimate of drug-likeness (QED) is 0.438. The number of rotatable bonds is 6. The van der Waals surface area contributed by atoms with Gasteiger partial charge in [-0.2, -0.15) is 0 Å². The van der Waals surface area contributed by atoms with Crippen LogP contribution >= 0.6 is 28.3 Å². The average molecular weight is 513 g/mol. The molecule has 1 unspecified atom stereocenters. The summed E-state index contributed by atoms with van der Waals surface area (Å²) in [6.07, 6.45) is 10.5. The summed E-state index contributed by atoms with van der Waals surface area (Å²) in [5, 5.41) is 6.52. The number of nitrogens with one attached hydrogen (secondary N) is 2. The first-order valence-corrected chi connectivity index (χ1v) is 12.2. The standard InChI is InChI=1S/C23H30BrN3O3.ClH/c24-18-7-4-15(13-26-18)27-21(28)19-16-5-6-17(23(16)9-10-23)20(19)22(29)30-12-8-14-3-1-2-11-25-14;/h4,7,13-14,16-17,19-20,25H,1-3,5-6,8-12H2,(H,27,28);1H/t14?,16-,17+,19+,20+;/m0./s1. The van der Waals surface area contributed by atoms with Gasteiger partial charge in [0.25, 0.3) is 0 Å². The van der Waals surface area contributed by atoms with Crippen LogP contribution in [0.4, 0.5) is 5.69 Å². The van der Waals surface area contributed by atoms with E-state index < -0.39 is 0 Å². The molecule has 1 spiro atoms. The molecule has 1 saturated heterocycles. The Morgan fingerprint density at radius 3 is 2.58 bits per heavy atom. The van der Waals surface area contributed by atoms with Crippen LogP contribution in [0, 0.1) is 29.1 Å². The van der Waals surface area contributed by atoms with Gasteiger partial charge < -0.3 is 15.4 Å². The first kappa shape index (κ1) is 23.0. The Morgan fingerprint density at radius 2 is 1.94 bits per heavy atom. The monoisotopic (exact) mass is 511 g/mol. The highest BCUT2D eigenvalue weighted by Gasteiger charge is 2.71. The average Bonchev–Trinajstić information content (AvgIpc) is 3.42. The zero-order valence-corrected chi connectivity index (χ0v) is 20.1. The van der Waals surface area contributed by atoms with Crippen molar-refractivity contribution in [3.63, 3.8) is 0 Å². The van der Waals surface area contributed by atoms with Crippen molar-refractivity contribution in [2.75, 3.05) is 18.5 Å². The summed E-state index contributed by atoms with van der Waals surface area (Å²) < 4.78 is 6.50. The lowest BCUT2D eigenvalue weighted by Gasteiger charge is -2.29. The maximum absolute atomic E-state index is 13.3. The second-order valence-electron chi connectivity index (χ2n) is 9.54. The molecule has 5 rings (SSSR count). The van der Waals surface area contributed by atoms with E-state index in [4.69, 9.17) is 4.74 Å². The Kier molecular flexibility index (Phi) is 6.94. The summed E-state index contributed by atoms with van der Waals surface area (Å²) >= 11 is 3.32. The maximum atomic E-state index is 13.3. The van der Waals surface area contributed by atoms with E-state index in [1.807, 2.05) is 12.1 Å². The van der Waals surface area contributed by atoms with Gasteiger partial charge in [0, 0.05) is 6.04 Å². The lowest BCUT2D eigenvalue weighted by atomic mass is 9.78. The van der Waals surface area contributed by atoms with E-state index in [1.54, 1.807) is 6.20 Å². The molecule has 6 nitrogen and oxygen atoms in total. The SMILES string of the molecule is Cl.O=C(OCCC1CCCCN1)[C@H]1[C@H](C(=O)Nc2ccc(Br)nc2)[C@@H]2CC[C@H]1C21CC1. The number of amides is 1. The summed E-state index contributed by atoms with van der Waals surface area (Å²) in [5.74, 6) is -0.166. The number of esters is 1. The highest BCUT2D eigenvalue weighted by atomic mass is 79.9. The summed E-state index contributed by atoms with van der Waals surface area (Å²) in [7, 11) is 0. The Morgan fingerprint density at radius 1 is 1.16 bits per heavy atom. The molecule has 3 saturated carbocycles. The summed E-state index contributed by atoms with van der Waals surface area (Å²) in [6, 6.07) is 4.09. The minimum atomic E-state index is -0.297. The van der Waals surface area contributed by atoms with Crippen LogP contribution in [0.3, 0.4) is 0 Å². The molecule has 1 aromatic heterocycles. The van der Waals surface area contributed by atoms with Crippen molar-refractivity contribution in [2.45, 2.75) is 57.4 Å². The van der Waals surface area contributed by atoms with Crippen LogP contribution in [-0.2, 0) is 14.3 Å². The van der Waals surface area contributed by atoms with Crippen LogP contribution < -0.4 is 10.6 Å². The molecule has 0 aromatic carbocycles. The van der Waals surface area contributed by atoms with Crippen LogP contribution in [0.1, 0.15) is 51.4 Å². The molecule has 3 aliphatic carbocycles. The molecule has 1 aliphatic heterocycles. The molecule has 5 atom stereocenters. The van der Waals surface area contributed by atoms with E-state index in [0.717, 1.165) is 49.7 Å². The normalized spacial score (nSPS) is 32.4. The maximum Gasteiger partial charge on any atom is 0.310 e. The van der Waals surface area contributed by atoms with Crippen LogP contribution in [0.15, 0.2) is 22.9 Å². The van der Waals surface area contributed by atoms with Gasteiger partial charge in [-0.25, -0.2) is 4.98 Å². The van der Waals surface area contributed by atoms with Gasteiger partial charge in [-0.1, -0.05) is 6.42 Å². The number of hydrogen-bond donors (Lipinski definition) is 2. The van der Waals surface area contributed by atoms with Crippen molar-refractivity contribution < 1.29 is 14.3 Å². The van der Waals surface area contributed by atoms with E-state index in [9.17, 15) is 9.59 Å². The molecule has 2 bridgehead atoms. The van der Waals surface area contributed by atoms with Crippen molar-refractivity contribution in [3.05, 3.63) is 22.9 Å². The van der Waals surface area contributed by atoms with Crippen molar-refractivity contribution in [3.8, 4) is 0 Å². The van der Waals surface area contributed by atoms with E-state index in [0.29, 0.717) is 30.2 Å². The lowest BCUT2D eigenvalue weighted by Crippen LogP contribution is -2.39. The van der Waals surface area contributed by atoms with E-state index in [-0.39, 0.29) is 41.5 Å². The molecule has 2 N–H and O–H groups in total. The van der Waals surface area contributed by atoms with Crippen LogP contribution in [0.5, 0.6) is 0 Å². The highest BCUT2D eigenvalue weighted by Crippen LogP contribution is 2.74. The van der Waals surface area contributed by atoms with E-state index in [1.165, 1.54) is 12.8 Å². The fourth-order valence-corrected chi connectivity index (χ4v) is 6.80. The van der Waals surface area contributed by atoms with Gasteiger partial charge in [0.2, 0.25) is 5.91 Å². The number of nitrogens with zero attached hydrogens (tertiary/aromatic N) is 1.